The highest BCUT2D eigenvalue weighted by Crippen LogP contribution is 2.20. The highest BCUT2D eigenvalue weighted by atomic mass is 19.1. The summed E-state index contributed by atoms with van der Waals surface area (Å²) >= 11 is 0. The Bertz CT molecular complexity index is 377. The Balaban J connectivity index is 2.73. The molecule has 1 aromatic rings. The summed E-state index contributed by atoms with van der Waals surface area (Å²) in [7, 11) is 4.05. The Kier molecular flexibility index (Phi) is 5.60. The van der Waals surface area contributed by atoms with E-state index in [0.717, 1.165) is 18.8 Å². The molecule has 0 spiro atoms. The number of hydrogen-bond donors (Lipinski definition) is 1. The number of hydrogen-bond acceptors (Lipinski definition) is 2. The molecule has 2 nitrogen and oxygen atoms in total. The average Bonchev–Trinajstić information content (AvgIpc) is 2.31. The van der Waals surface area contributed by atoms with Crippen molar-refractivity contribution in [3.05, 3.63) is 29.6 Å². The minimum Gasteiger partial charge on any atom is -0.374 e. The highest BCUT2D eigenvalue weighted by molar-refractivity contribution is 5.48. The molecule has 1 atom stereocenters. The van der Waals surface area contributed by atoms with Crippen molar-refractivity contribution in [2.24, 2.45) is 11.8 Å². The number of benzene rings is 1. The van der Waals surface area contributed by atoms with Crippen LogP contribution in [0, 0.1) is 24.6 Å². The Hall–Kier alpha value is -1.09. The summed E-state index contributed by atoms with van der Waals surface area (Å²) in [5, 5.41) is 3.24. The van der Waals surface area contributed by atoms with Crippen LogP contribution in [0.25, 0.3) is 0 Å². The van der Waals surface area contributed by atoms with Gasteiger partial charge in [0.25, 0.3) is 0 Å². The Morgan fingerprint density at radius 1 is 1.33 bits per heavy atom. The third-order valence-electron chi connectivity index (χ3n) is 3.50. The second kappa shape index (κ2) is 6.74. The first-order valence-corrected chi connectivity index (χ1v) is 6.57. The molecule has 1 aromatic carbocycles. The third-order valence-corrected chi connectivity index (χ3v) is 3.50. The predicted molar refractivity (Wildman–Crippen MR) is 76.7 cm³/mol. The molecule has 0 bridgehead atoms. The van der Waals surface area contributed by atoms with Crippen molar-refractivity contribution < 1.29 is 4.39 Å². The summed E-state index contributed by atoms with van der Waals surface area (Å²) in [6.07, 6.45) is 0. The molecule has 0 heterocycles. The zero-order valence-corrected chi connectivity index (χ0v) is 12.1. The van der Waals surface area contributed by atoms with Crippen molar-refractivity contribution in [3.8, 4) is 0 Å². The van der Waals surface area contributed by atoms with Gasteiger partial charge in [-0.2, -0.15) is 0 Å². The van der Waals surface area contributed by atoms with Crippen LogP contribution in [-0.2, 0) is 0 Å². The number of nitrogens with zero attached hydrogens (tertiary/aromatic N) is 1. The molecular formula is C15H25FN2. The monoisotopic (exact) mass is 252 g/mol. The molecule has 0 amide bonds. The summed E-state index contributed by atoms with van der Waals surface area (Å²) in [6, 6.07) is 5.30. The van der Waals surface area contributed by atoms with E-state index in [-0.39, 0.29) is 5.82 Å². The molecule has 102 valence electrons. The van der Waals surface area contributed by atoms with Gasteiger partial charge in [-0.25, -0.2) is 4.39 Å². The lowest BCUT2D eigenvalue weighted by Crippen LogP contribution is -2.34. The van der Waals surface area contributed by atoms with E-state index in [9.17, 15) is 4.39 Å². The molecule has 0 aliphatic rings. The maximum absolute atomic E-state index is 13.2. The molecule has 3 heteroatoms. The van der Waals surface area contributed by atoms with Crippen LogP contribution in [0.2, 0.25) is 0 Å². The van der Waals surface area contributed by atoms with Gasteiger partial charge >= 0.3 is 0 Å². The molecule has 1 N–H and O–H groups in total. The zero-order valence-electron chi connectivity index (χ0n) is 12.1. The topological polar surface area (TPSA) is 15.3 Å². The lowest BCUT2D eigenvalue weighted by atomic mass is 9.95. The van der Waals surface area contributed by atoms with Gasteiger partial charge in [0.1, 0.15) is 5.82 Å². The van der Waals surface area contributed by atoms with E-state index in [0.29, 0.717) is 17.4 Å². The Morgan fingerprint density at radius 3 is 2.50 bits per heavy atom. The van der Waals surface area contributed by atoms with Gasteiger partial charge in [-0.05, 0) is 56.1 Å². The van der Waals surface area contributed by atoms with Crippen molar-refractivity contribution in [2.45, 2.75) is 20.8 Å². The number of rotatable bonds is 6. The van der Waals surface area contributed by atoms with Crippen LogP contribution in [0.15, 0.2) is 18.2 Å². The summed E-state index contributed by atoms with van der Waals surface area (Å²) in [5.74, 6) is 1.08. The minimum atomic E-state index is -0.136. The standard InChI is InChI=1S/C15H25FN2/c1-11(2)13(9-17-4)10-18(5)14-6-7-15(16)12(3)8-14/h6-8,11,13,17H,9-10H2,1-5H3. The predicted octanol–water partition coefficient (Wildman–Crippen LogP) is 3.06. The van der Waals surface area contributed by atoms with Crippen LogP contribution in [0.3, 0.4) is 0 Å². The first-order valence-electron chi connectivity index (χ1n) is 6.57. The van der Waals surface area contributed by atoms with Gasteiger partial charge in [0, 0.05) is 19.3 Å². The van der Waals surface area contributed by atoms with E-state index < -0.39 is 0 Å². The van der Waals surface area contributed by atoms with Crippen molar-refractivity contribution in [1.29, 1.82) is 0 Å². The van der Waals surface area contributed by atoms with Gasteiger partial charge < -0.3 is 10.2 Å². The van der Waals surface area contributed by atoms with Crippen LogP contribution >= 0.6 is 0 Å². The summed E-state index contributed by atoms with van der Waals surface area (Å²) < 4.78 is 13.2. The van der Waals surface area contributed by atoms with Crippen molar-refractivity contribution >= 4 is 5.69 Å². The lowest BCUT2D eigenvalue weighted by Gasteiger charge is -2.28. The first-order chi connectivity index (χ1) is 8.45. The van der Waals surface area contributed by atoms with E-state index >= 15 is 0 Å². The maximum Gasteiger partial charge on any atom is 0.126 e. The van der Waals surface area contributed by atoms with Crippen molar-refractivity contribution in [1.82, 2.24) is 5.32 Å². The molecule has 1 rings (SSSR count). The molecule has 18 heavy (non-hydrogen) atoms. The molecular weight excluding hydrogens is 227 g/mol. The van der Waals surface area contributed by atoms with E-state index in [1.165, 1.54) is 0 Å². The molecule has 1 unspecified atom stereocenters. The van der Waals surface area contributed by atoms with Gasteiger partial charge in [0.15, 0.2) is 0 Å². The number of halogens is 1. The second-order valence-corrected chi connectivity index (χ2v) is 5.38. The smallest absolute Gasteiger partial charge is 0.126 e. The van der Waals surface area contributed by atoms with E-state index in [4.69, 9.17) is 0 Å². The van der Waals surface area contributed by atoms with Gasteiger partial charge in [-0.3, -0.25) is 0 Å². The fourth-order valence-electron chi connectivity index (χ4n) is 2.10. The van der Waals surface area contributed by atoms with Crippen LogP contribution in [-0.4, -0.2) is 27.2 Å². The van der Waals surface area contributed by atoms with Crippen LogP contribution in [0.4, 0.5) is 10.1 Å². The maximum atomic E-state index is 13.2. The zero-order chi connectivity index (χ0) is 13.7. The molecule has 0 aliphatic heterocycles. The van der Waals surface area contributed by atoms with E-state index in [1.54, 1.807) is 13.0 Å². The lowest BCUT2D eigenvalue weighted by molar-refractivity contribution is 0.376. The van der Waals surface area contributed by atoms with Gasteiger partial charge in [0.2, 0.25) is 0 Å². The molecule has 0 radical (unpaired) electrons. The largest absolute Gasteiger partial charge is 0.374 e. The molecule has 0 aliphatic carbocycles. The Labute approximate surface area is 110 Å². The normalized spacial score (nSPS) is 12.8. The molecule has 0 fully saturated rings. The van der Waals surface area contributed by atoms with Crippen LogP contribution in [0.5, 0.6) is 0 Å². The van der Waals surface area contributed by atoms with Crippen LogP contribution in [0.1, 0.15) is 19.4 Å². The third kappa shape index (κ3) is 3.98. The summed E-state index contributed by atoms with van der Waals surface area (Å²) in [5.41, 5.74) is 1.78. The fraction of sp³-hybridized carbons (Fsp3) is 0.600. The summed E-state index contributed by atoms with van der Waals surface area (Å²) in [4.78, 5) is 2.20. The number of nitrogens with one attached hydrogen (secondary N) is 1. The van der Waals surface area contributed by atoms with Gasteiger partial charge in [0.05, 0.1) is 0 Å². The van der Waals surface area contributed by atoms with Crippen LogP contribution < -0.4 is 10.2 Å². The summed E-state index contributed by atoms with van der Waals surface area (Å²) in [6.45, 7) is 8.27. The highest BCUT2D eigenvalue weighted by Gasteiger charge is 2.15. The first kappa shape index (κ1) is 15.0. The molecule has 0 aromatic heterocycles. The van der Waals surface area contributed by atoms with E-state index in [1.807, 2.05) is 19.2 Å². The van der Waals surface area contributed by atoms with Crippen molar-refractivity contribution in [2.75, 3.05) is 32.1 Å². The number of aryl methyl sites for hydroxylation is 1. The minimum absolute atomic E-state index is 0.136. The molecule has 0 saturated carbocycles. The quantitative estimate of drug-likeness (QED) is 0.837. The van der Waals surface area contributed by atoms with E-state index in [2.05, 4.69) is 31.1 Å². The number of anilines is 1. The SMILES string of the molecule is CNCC(CN(C)c1ccc(F)c(C)c1)C(C)C. The molecule has 0 saturated heterocycles. The van der Waals surface area contributed by atoms with Crippen molar-refractivity contribution in [3.63, 3.8) is 0 Å². The van der Waals surface area contributed by atoms with Gasteiger partial charge in [-0.1, -0.05) is 13.8 Å². The average molecular weight is 252 g/mol. The fourth-order valence-corrected chi connectivity index (χ4v) is 2.10. The second-order valence-electron chi connectivity index (χ2n) is 5.38. The Morgan fingerprint density at radius 2 is 2.00 bits per heavy atom. The van der Waals surface area contributed by atoms with Gasteiger partial charge in [-0.15, -0.1) is 0 Å².